The molecule has 0 aliphatic rings. The number of amides is 1. The first-order chi connectivity index (χ1) is 13.2. The van der Waals surface area contributed by atoms with Crippen LogP contribution < -0.4 is 5.32 Å². The highest BCUT2D eigenvalue weighted by Gasteiger charge is 2.20. The lowest BCUT2D eigenvalue weighted by molar-refractivity contribution is 0.0940. The van der Waals surface area contributed by atoms with E-state index in [4.69, 9.17) is 0 Å². The van der Waals surface area contributed by atoms with Crippen LogP contribution in [0.25, 0.3) is 16.9 Å². The van der Waals surface area contributed by atoms with Gasteiger partial charge in [0.05, 0.1) is 23.5 Å². The molecule has 0 fully saturated rings. The van der Waals surface area contributed by atoms with Crippen LogP contribution in [0.5, 0.6) is 0 Å². The highest BCUT2D eigenvalue weighted by molar-refractivity contribution is 6.00. The Bertz CT molecular complexity index is 1030. The summed E-state index contributed by atoms with van der Waals surface area (Å²) in [6.45, 7) is 1.91. The first-order valence-corrected chi connectivity index (χ1v) is 8.57. The number of hydrogen-bond acceptors (Lipinski definition) is 4. The fourth-order valence-electron chi connectivity index (χ4n) is 2.82. The Balaban J connectivity index is 1.72. The molecule has 0 radical (unpaired) electrons. The topological polar surface area (TPSA) is 88.5 Å². The maximum absolute atomic E-state index is 13.0. The molecule has 0 aliphatic heterocycles. The minimum atomic E-state index is -0.204. The van der Waals surface area contributed by atoms with Crippen molar-refractivity contribution in [2.24, 2.45) is 0 Å². The molecule has 4 rings (SSSR count). The number of aromatic amines is 1. The molecule has 3 heterocycles. The third-order valence-electron chi connectivity index (χ3n) is 4.28. The van der Waals surface area contributed by atoms with Gasteiger partial charge in [-0.2, -0.15) is 10.2 Å². The van der Waals surface area contributed by atoms with Gasteiger partial charge in [0.1, 0.15) is 5.69 Å². The zero-order chi connectivity index (χ0) is 18.6. The van der Waals surface area contributed by atoms with Gasteiger partial charge in [-0.15, -0.1) is 0 Å². The van der Waals surface area contributed by atoms with Crippen LogP contribution in [-0.4, -0.2) is 30.9 Å². The van der Waals surface area contributed by atoms with Crippen molar-refractivity contribution in [3.05, 3.63) is 84.6 Å². The maximum Gasteiger partial charge on any atom is 0.255 e. The fraction of sp³-hybridized carbons (Fsp3) is 0.100. The predicted octanol–water partition coefficient (Wildman–Crippen LogP) is 3.15. The average Bonchev–Trinajstić information content (AvgIpc) is 3.40. The van der Waals surface area contributed by atoms with Crippen molar-refractivity contribution in [3.8, 4) is 16.9 Å². The third-order valence-corrected chi connectivity index (χ3v) is 4.28. The number of pyridine rings is 1. The molecule has 0 saturated carbocycles. The van der Waals surface area contributed by atoms with E-state index in [-0.39, 0.29) is 11.9 Å². The number of para-hydroxylation sites is 1. The van der Waals surface area contributed by atoms with E-state index in [9.17, 15) is 4.79 Å². The quantitative estimate of drug-likeness (QED) is 0.574. The molecule has 27 heavy (non-hydrogen) atoms. The number of nitrogens with one attached hydrogen (secondary N) is 2. The molecule has 1 atom stereocenters. The standard InChI is InChI=1S/C20H18N6O/c1-14(16-11-22-23-12-16)24-20(27)18-13-26(17-7-3-2-4-8-17)25-19(18)15-6-5-9-21-10-15/h2-14H,1H3,(H,22,23)(H,24,27). The predicted molar refractivity (Wildman–Crippen MR) is 101 cm³/mol. The Morgan fingerprint density at radius 1 is 1.15 bits per heavy atom. The minimum Gasteiger partial charge on any atom is -0.345 e. The van der Waals surface area contributed by atoms with Crippen LogP contribution in [0.15, 0.2) is 73.4 Å². The molecule has 134 valence electrons. The molecule has 1 amide bonds. The van der Waals surface area contributed by atoms with Gasteiger partial charge >= 0.3 is 0 Å². The first kappa shape index (κ1) is 16.7. The second-order valence-electron chi connectivity index (χ2n) is 6.14. The number of benzene rings is 1. The Morgan fingerprint density at radius 3 is 2.70 bits per heavy atom. The molecule has 7 heteroatoms. The van der Waals surface area contributed by atoms with E-state index in [0.29, 0.717) is 11.3 Å². The Hall–Kier alpha value is -3.74. The van der Waals surface area contributed by atoms with E-state index in [1.807, 2.05) is 49.4 Å². The zero-order valence-electron chi connectivity index (χ0n) is 14.7. The van der Waals surface area contributed by atoms with Gasteiger partial charge in [0.2, 0.25) is 0 Å². The second-order valence-corrected chi connectivity index (χ2v) is 6.14. The molecule has 1 aromatic carbocycles. The number of rotatable bonds is 5. The average molecular weight is 358 g/mol. The van der Waals surface area contributed by atoms with Gasteiger partial charge in [0, 0.05) is 35.9 Å². The molecular formula is C20H18N6O. The Kier molecular flexibility index (Phi) is 4.49. The summed E-state index contributed by atoms with van der Waals surface area (Å²) in [5.41, 5.74) is 3.64. The SMILES string of the molecule is CC(NC(=O)c1cn(-c2ccccc2)nc1-c1cccnc1)c1cn[nH]c1. The summed E-state index contributed by atoms with van der Waals surface area (Å²) in [4.78, 5) is 17.1. The number of nitrogens with zero attached hydrogens (tertiary/aromatic N) is 4. The summed E-state index contributed by atoms with van der Waals surface area (Å²) in [7, 11) is 0. The van der Waals surface area contributed by atoms with Gasteiger partial charge in [0.15, 0.2) is 0 Å². The summed E-state index contributed by atoms with van der Waals surface area (Å²) < 4.78 is 1.71. The largest absolute Gasteiger partial charge is 0.345 e. The fourth-order valence-corrected chi connectivity index (χ4v) is 2.82. The van der Waals surface area contributed by atoms with Gasteiger partial charge in [-0.25, -0.2) is 4.68 Å². The Morgan fingerprint density at radius 2 is 2.00 bits per heavy atom. The van der Waals surface area contributed by atoms with Crippen LogP contribution in [0.1, 0.15) is 28.9 Å². The lowest BCUT2D eigenvalue weighted by Gasteiger charge is -2.11. The van der Waals surface area contributed by atoms with E-state index in [1.54, 1.807) is 35.7 Å². The van der Waals surface area contributed by atoms with Crippen molar-refractivity contribution >= 4 is 5.91 Å². The van der Waals surface area contributed by atoms with Crippen molar-refractivity contribution in [1.82, 2.24) is 30.3 Å². The number of aromatic nitrogens is 5. The Labute approximate surface area is 156 Å². The smallest absolute Gasteiger partial charge is 0.255 e. The van der Waals surface area contributed by atoms with Crippen LogP contribution in [0.2, 0.25) is 0 Å². The number of H-pyrrole nitrogens is 1. The van der Waals surface area contributed by atoms with Gasteiger partial charge in [-0.05, 0) is 31.2 Å². The van der Waals surface area contributed by atoms with Gasteiger partial charge in [-0.3, -0.25) is 14.9 Å². The van der Waals surface area contributed by atoms with Gasteiger partial charge in [-0.1, -0.05) is 18.2 Å². The molecule has 2 N–H and O–H groups in total. The summed E-state index contributed by atoms with van der Waals surface area (Å²) in [6, 6.07) is 13.2. The van der Waals surface area contributed by atoms with Crippen molar-refractivity contribution in [1.29, 1.82) is 0 Å². The number of carbonyl (C=O) groups excluding carboxylic acids is 1. The van der Waals surface area contributed by atoms with Crippen molar-refractivity contribution in [3.63, 3.8) is 0 Å². The lowest BCUT2D eigenvalue weighted by atomic mass is 10.1. The van der Waals surface area contributed by atoms with E-state index >= 15 is 0 Å². The highest BCUT2D eigenvalue weighted by atomic mass is 16.1. The molecule has 1 unspecified atom stereocenters. The summed E-state index contributed by atoms with van der Waals surface area (Å²) in [5, 5.41) is 14.3. The zero-order valence-corrected chi connectivity index (χ0v) is 14.7. The van der Waals surface area contributed by atoms with Crippen molar-refractivity contribution in [2.75, 3.05) is 0 Å². The van der Waals surface area contributed by atoms with E-state index < -0.39 is 0 Å². The van der Waals surface area contributed by atoms with Crippen LogP contribution in [0.3, 0.4) is 0 Å². The van der Waals surface area contributed by atoms with E-state index in [0.717, 1.165) is 16.8 Å². The number of carbonyl (C=O) groups is 1. The number of hydrogen-bond donors (Lipinski definition) is 2. The highest BCUT2D eigenvalue weighted by Crippen LogP contribution is 2.24. The molecular weight excluding hydrogens is 340 g/mol. The van der Waals surface area contributed by atoms with E-state index in [1.165, 1.54) is 0 Å². The molecule has 7 nitrogen and oxygen atoms in total. The normalized spacial score (nSPS) is 11.9. The van der Waals surface area contributed by atoms with Crippen LogP contribution in [0.4, 0.5) is 0 Å². The van der Waals surface area contributed by atoms with Crippen LogP contribution in [-0.2, 0) is 0 Å². The van der Waals surface area contributed by atoms with Crippen molar-refractivity contribution in [2.45, 2.75) is 13.0 Å². The third kappa shape index (κ3) is 3.48. The van der Waals surface area contributed by atoms with E-state index in [2.05, 4.69) is 25.6 Å². The summed E-state index contributed by atoms with van der Waals surface area (Å²) in [5.74, 6) is -0.204. The second kappa shape index (κ2) is 7.25. The summed E-state index contributed by atoms with van der Waals surface area (Å²) >= 11 is 0. The van der Waals surface area contributed by atoms with Crippen molar-refractivity contribution < 1.29 is 4.79 Å². The molecule has 0 aliphatic carbocycles. The van der Waals surface area contributed by atoms with Gasteiger partial charge in [0.25, 0.3) is 5.91 Å². The van der Waals surface area contributed by atoms with Gasteiger partial charge < -0.3 is 5.32 Å². The molecule has 0 saturated heterocycles. The summed E-state index contributed by atoms with van der Waals surface area (Å²) in [6.07, 6.45) is 8.60. The molecule has 0 spiro atoms. The maximum atomic E-state index is 13.0. The van der Waals surface area contributed by atoms with Crippen LogP contribution >= 0.6 is 0 Å². The lowest BCUT2D eigenvalue weighted by Crippen LogP contribution is -2.26. The minimum absolute atomic E-state index is 0.182. The van der Waals surface area contributed by atoms with Crippen LogP contribution in [0, 0.1) is 0 Å². The molecule has 4 aromatic rings. The molecule has 0 bridgehead atoms. The molecule has 3 aromatic heterocycles. The first-order valence-electron chi connectivity index (χ1n) is 8.57. The monoisotopic (exact) mass is 358 g/mol.